The van der Waals surface area contributed by atoms with Crippen LogP contribution < -0.4 is 9.47 Å². The van der Waals surface area contributed by atoms with Gasteiger partial charge in [-0.15, -0.1) is 13.2 Å². The lowest BCUT2D eigenvalue weighted by atomic mass is 9.58. The highest BCUT2D eigenvalue weighted by Crippen LogP contribution is 2.60. The molecule has 2 aromatic heterocycles. The summed E-state index contributed by atoms with van der Waals surface area (Å²) >= 11 is 0. The Kier molecular flexibility index (Phi) is 10.3. The Bertz CT molecular complexity index is 2130. The molecule has 1 N–H and O–H groups in total. The second-order valence-corrected chi connectivity index (χ2v) is 20.9. The summed E-state index contributed by atoms with van der Waals surface area (Å²) in [4.78, 5) is 37.1. The summed E-state index contributed by atoms with van der Waals surface area (Å²) in [5, 5.41) is 17.0. The van der Waals surface area contributed by atoms with Crippen LogP contribution in [-0.2, 0) is 24.1 Å². The van der Waals surface area contributed by atoms with Crippen molar-refractivity contribution in [2.45, 2.75) is 76.6 Å². The monoisotopic (exact) mass is 759 g/mol. The van der Waals surface area contributed by atoms with Crippen LogP contribution in [0.4, 0.5) is 0 Å². The molecule has 0 amide bonds. The number of pyridine rings is 1. The normalized spacial score (nSPS) is 22.0. The van der Waals surface area contributed by atoms with Crippen LogP contribution in [0.2, 0.25) is 18.1 Å². The molecule has 11 heteroatoms. The Labute approximate surface area is 323 Å². The number of aliphatic hydroxyl groups is 1. The predicted octanol–water partition coefficient (Wildman–Crippen LogP) is 8.79. The molecule has 0 bridgehead atoms. The van der Waals surface area contributed by atoms with E-state index in [4.69, 9.17) is 18.4 Å². The van der Waals surface area contributed by atoms with E-state index in [9.17, 15) is 9.90 Å². The van der Waals surface area contributed by atoms with Crippen LogP contribution >= 0.6 is 0 Å². The second-order valence-electron chi connectivity index (χ2n) is 16.2. The van der Waals surface area contributed by atoms with Gasteiger partial charge in [0.25, 0.3) is 5.88 Å². The van der Waals surface area contributed by atoms with Gasteiger partial charge in [-0.2, -0.15) is 0 Å². The number of Topliss-reactive ketones (excluding diaryl/α,β-unsaturated/α-hetero) is 2. The maximum atomic E-state index is 15.6. The number of hydrogen-bond acceptors (Lipinski definition) is 10. The van der Waals surface area contributed by atoms with Gasteiger partial charge in [-0.3, -0.25) is 19.5 Å². The lowest BCUT2D eigenvalue weighted by Gasteiger charge is -2.55. The van der Waals surface area contributed by atoms with Gasteiger partial charge in [-0.25, -0.2) is 0 Å². The molecule has 0 fully saturated rings. The molecule has 0 unspecified atom stereocenters. The number of fused-ring (bicyclic) bond motifs is 4. The van der Waals surface area contributed by atoms with E-state index in [-0.39, 0.29) is 41.0 Å². The smallest absolute Gasteiger partial charge is 0.265 e. The lowest BCUT2D eigenvalue weighted by Crippen LogP contribution is -2.65. The first-order valence-electron chi connectivity index (χ1n) is 18.8. The average molecular weight is 760 g/mol. The Morgan fingerprint density at radius 3 is 2.16 bits per heavy atom. The van der Waals surface area contributed by atoms with Gasteiger partial charge in [-0.1, -0.05) is 93.6 Å². The van der Waals surface area contributed by atoms with Crippen molar-refractivity contribution in [3.05, 3.63) is 143 Å². The van der Waals surface area contributed by atoms with Crippen molar-refractivity contribution >= 4 is 19.9 Å². The van der Waals surface area contributed by atoms with Gasteiger partial charge in [0, 0.05) is 30.8 Å². The van der Waals surface area contributed by atoms with E-state index in [0.717, 1.165) is 16.7 Å². The zero-order chi connectivity index (χ0) is 39.1. The van der Waals surface area contributed by atoms with E-state index in [2.05, 4.69) is 49.0 Å². The number of aromatic nitrogens is 2. The molecule has 7 rings (SSSR count). The van der Waals surface area contributed by atoms with Crippen molar-refractivity contribution in [3.8, 4) is 11.6 Å². The van der Waals surface area contributed by atoms with Crippen molar-refractivity contribution in [1.82, 2.24) is 15.0 Å². The topological polar surface area (TPSA) is 124 Å². The van der Waals surface area contributed by atoms with E-state index < -0.39 is 43.4 Å². The zero-order valence-corrected chi connectivity index (χ0v) is 33.2. The highest BCUT2D eigenvalue weighted by atomic mass is 28.4. The van der Waals surface area contributed by atoms with E-state index in [0.29, 0.717) is 43.0 Å². The molecule has 3 aliphatic carbocycles. The van der Waals surface area contributed by atoms with Gasteiger partial charge < -0.3 is 23.5 Å². The number of benzene rings is 2. The largest absolute Gasteiger partial charge is 0.508 e. The minimum atomic E-state index is -2.91. The van der Waals surface area contributed by atoms with Crippen LogP contribution in [0.15, 0.2) is 114 Å². The molecule has 4 atom stereocenters. The molecule has 0 saturated carbocycles. The quantitative estimate of drug-likeness (QED) is 0.105. The maximum absolute atomic E-state index is 15.6. The first-order chi connectivity index (χ1) is 26.3. The maximum Gasteiger partial charge on any atom is 0.265 e. The number of ether oxygens (including phenoxy) is 2. The number of hydrogen-bond donors (Lipinski definition) is 1. The molecule has 55 heavy (non-hydrogen) atoms. The Balaban J connectivity index is 1.42. The summed E-state index contributed by atoms with van der Waals surface area (Å²) in [7, 11) is -2.91. The minimum absolute atomic E-state index is 0.00516. The third kappa shape index (κ3) is 6.68. The summed E-state index contributed by atoms with van der Waals surface area (Å²) in [5.41, 5.74) is 1.16. The van der Waals surface area contributed by atoms with Gasteiger partial charge in [0.2, 0.25) is 5.78 Å². The van der Waals surface area contributed by atoms with Gasteiger partial charge in [0.05, 0.1) is 17.8 Å². The van der Waals surface area contributed by atoms with Gasteiger partial charge in [0.15, 0.2) is 25.5 Å². The van der Waals surface area contributed by atoms with Crippen LogP contribution in [0.5, 0.6) is 11.6 Å². The summed E-state index contributed by atoms with van der Waals surface area (Å²) < 4.78 is 25.9. The van der Waals surface area contributed by atoms with Crippen LogP contribution in [0.3, 0.4) is 0 Å². The number of allylic oxidation sites excluding steroid dienone is 1. The summed E-state index contributed by atoms with van der Waals surface area (Å²) in [6, 6.07) is 18.6. The fraction of sp³-hybridized carbons (Fsp3) is 0.364. The van der Waals surface area contributed by atoms with Crippen LogP contribution in [0.25, 0.3) is 0 Å². The van der Waals surface area contributed by atoms with Crippen molar-refractivity contribution in [2.24, 2.45) is 11.8 Å². The van der Waals surface area contributed by atoms with Crippen LogP contribution in [-0.4, -0.2) is 58.7 Å². The summed E-state index contributed by atoms with van der Waals surface area (Å²) in [6.45, 7) is 19.6. The number of ketones is 2. The molecular formula is C44H49N3O7Si. The van der Waals surface area contributed by atoms with E-state index in [1.165, 1.54) is 6.20 Å². The fourth-order valence-electron chi connectivity index (χ4n) is 8.08. The Hall–Kier alpha value is -5.10. The molecule has 0 spiro atoms. The number of aliphatic hydroxyl groups excluding tert-OH is 1. The molecule has 3 aliphatic rings. The molecule has 0 radical (unpaired) electrons. The molecule has 286 valence electrons. The van der Waals surface area contributed by atoms with E-state index in [1.54, 1.807) is 18.3 Å². The Morgan fingerprint density at radius 1 is 0.945 bits per heavy atom. The van der Waals surface area contributed by atoms with Gasteiger partial charge >= 0.3 is 0 Å². The Morgan fingerprint density at radius 2 is 1.56 bits per heavy atom. The summed E-state index contributed by atoms with van der Waals surface area (Å²) in [5.74, 6) is -1.79. The predicted molar refractivity (Wildman–Crippen MR) is 212 cm³/mol. The van der Waals surface area contributed by atoms with Crippen LogP contribution in [0, 0.1) is 11.8 Å². The highest BCUT2D eigenvalue weighted by molar-refractivity contribution is 6.74. The molecular weight excluding hydrogens is 711 g/mol. The number of carbonyl (C=O) groups excluding carboxylic acids is 2. The number of carbonyl (C=O) groups is 2. The highest BCUT2D eigenvalue weighted by Gasteiger charge is 2.67. The third-order valence-electron chi connectivity index (χ3n) is 11.7. The van der Waals surface area contributed by atoms with Crippen molar-refractivity contribution in [1.29, 1.82) is 0 Å². The molecule has 2 heterocycles. The molecule has 2 aromatic carbocycles. The third-order valence-corrected chi connectivity index (χ3v) is 16.1. The molecule has 10 nitrogen and oxygen atoms in total. The van der Waals surface area contributed by atoms with Crippen LogP contribution in [0.1, 0.15) is 76.4 Å². The van der Waals surface area contributed by atoms with Gasteiger partial charge in [-0.05, 0) is 58.7 Å². The first kappa shape index (κ1) is 38.2. The van der Waals surface area contributed by atoms with E-state index >= 15 is 4.79 Å². The fourth-order valence-corrected chi connectivity index (χ4v) is 9.53. The SMILES string of the molecule is C=CCN(CC=C)[C@@H]1c2onc(OCc3ccccc3)c2C(=O)[C@@]2(O[Si](C)(C)C(C)(C)C)C(O)=C3C(=O)c4c(cncc4OCc4ccccc4)C[C@H]3C[C@@H]12. The molecule has 0 saturated heterocycles. The average Bonchev–Trinajstić information content (AvgIpc) is 3.58. The minimum Gasteiger partial charge on any atom is -0.508 e. The number of nitrogens with zero attached hydrogens (tertiary/aromatic N) is 3. The summed E-state index contributed by atoms with van der Waals surface area (Å²) in [6.07, 6.45) is 7.53. The molecule has 0 aliphatic heterocycles. The molecule has 4 aromatic rings. The first-order valence-corrected chi connectivity index (χ1v) is 21.7. The second kappa shape index (κ2) is 14.9. The zero-order valence-electron chi connectivity index (χ0n) is 32.2. The number of rotatable bonds is 13. The standard InChI is InChI=1S/C44H49N3O7Si/c1-8-20-47(21-9-2)37-32-23-30-22-31-24-45-25-33(51-26-28-16-12-10-13-17-28)34(31)38(48)35(30)40(49)44(32,54-55(6,7)43(3,4)5)41(50)36-39(37)53-46-42(36)52-27-29-18-14-11-15-19-29/h8-19,24-25,30,32,37,49H,1-2,20-23,26-27H2,3-7H3/t30-,32-,37-,44-/m0/s1. The van der Waals surface area contributed by atoms with Crippen molar-refractivity contribution in [3.63, 3.8) is 0 Å². The van der Waals surface area contributed by atoms with E-state index in [1.807, 2.05) is 73.8 Å². The van der Waals surface area contributed by atoms with Crippen molar-refractivity contribution in [2.75, 3.05) is 13.1 Å². The van der Waals surface area contributed by atoms with Crippen molar-refractivity contribution < 1.29 is 33.1 Å². The van der Waals surface area contributed by atoms with Gasteiger partial charge in [0.1, 0.15) is 30.3 Å². The lowest BCUT2D eigenvalue weighted by molar-refractivity contribution is -0.0524.